The lowest BCUT2D eigenvalue weighted by atomic mass is 10.0. The zero-order valence-electron chi connectivity index (χ0n) is 13.5. The topological polar surface area (TPSA) is 46.5 Å². The van der Waals surface area contributed by atoms with Crippen molar-refractivity contribution in [2.45, 2.75) is 103 Å². The third-order valence-corrected chi connectivity index (χ3v) is 4.23. The highest BCUT2D eigenvalue weighted by Gasteiger charge is 2.21. The fraction of sp³-hybridized carbons (Fsp3) is 1.00. The molecule has 0 rings (SSSR count). The highest BCUT2D eigenvalue weighted by Crippen LogP contribution is 2.25. The van der Waals surface area contributed by atoms with E-state index in [-0.39, 0.29) is 6.10 Å². The standard InChI is InChI=1S/C16H33O3P/c1-3-5-7-8-9-10-11-13-15-16(19-20(17)18)14-12-6-4-2/h16H,3-15H2,1-2H3/p+1. The van der Waals surface area contributed by atoms with Gasteiger partial charge in [0.1, 0.15) is 6.10 Å². The molecule has 0 aromatic heterocycles. The van der Waals surface area contributed by atoms with Gasteiger partial charge in [-0.15, -0.1) is 9.42 Å². The number of rotatable bonds is 15. The van der Waals surface area contributed by atoms with Crippen molar-refractivity contribution in [3.63, 3.8) is 0 Å². The molecule has 0 aromatic carbocycles. The van der Waals surface area contributed by atoms with Crippen LogP contribution in [-0.2, 0) is 9.09 Å². The molecule has 0 aliphatic carbocycles. The predicted octanol–water partition coefficient (Wildman–Crippen LogP) is 6.13. The van der Waals surface area contributed by atoms with E-state index in [1.165, 1.54) is 57.8 Å². The van der Waals surface area contributed by atoms with Gasteiger partial charge in [0.05, 0.1) is 0 Å². The number of hydrogen-bond acceptors (Lipinski definition) is 2. The highest BCUT2D eigenvalue weighted by molar-refractivity contribution is 7.32. The minimum absolute atomic E-state index is 0.0183. The van der Waals surface area contributed by atoms with Gasteiger partial charge in [0.15, 0.2) is 0 Å². The molecule has 0 aromatic rings. The molecule has 1 N–H and O–H groups in total. The van der Waals surface area contributed by atoms with Crippen molar-refractivity contribution in [1.29, 1.82) is 0 Å². The van der Waals surface area contributed by atoms with Crippen LogP contribution in [0.3, 0.4) is 0 Å². The molecule has 4 heteroatoms. The monoisotopic (exact) mass is 305 g/mol. The molecular formula is C16H34O3P+. The Morgan fingerprint density at radius 3 is 1.70 bits per heavy atom. The van der Waals surface area contributed by atoms with E-state index in [1.54, 1.807) is 0 Å². The summed E-state index contributed by atoms with van der Waals surface area (Å²) in [7, 11) is -2.45. The Bertz CT molecular complexity index is 222. The normalized spacial score (nSPS) is 13.4. The van der Waals surface area contributed by atoms with Gasteiger partial charge < -0.3 is 0 Å². The first-order valence-corrected chi connectivity index (χ1v) is 9.66. The van der Waals surface area contributed by atoms with Crippen molar-refractivity contribution < 1.29 is 14.0 Å². The summed E-state index contributed by atoms with van der Waals surface area (Å²) in [5, 5.41) is 0. The summed E-state index contributed by atoms with van der Waals surface area (Å²) in [4.78, 5) is 8.89. The number of unbranched alkanes of at least 4 members (excludes halogenated alkanes) is 9. The summed E-state index contributed by atoms with van der Waals surface area (Å²) in [6.07, 6.45) is 15.6. The molecule has 0 radical (unpaired) electrons. The molecule has 0 saturated heterocycles. The molecule has 120 valence electrons. The second kappa shape index (κ2) is 15.4. The Morgan fingerprint density at radius 2 is 1.20 bits per heavy atom. The molecule has 0 saturated carbocycles. The summed E-state index contributed by atoms with van der Waals surface area (Å²) in [5.41, 5.74) is 0. The first kappa shape index (κ1) is 20.0. The fourth-order valence-electron chi connectivity index (χ4n) is 2.51. The predicted molar refractivity (Wildman–Crippen MR) is 86.1 cm³/mol. The van der Waals surface area contributed by atoms with Crippen molar-refractivity contribution in [3.05, 3.63) is 0 Å². The highest BCUT2D eigenvalue weighted by atomic mass is 31.1. The van der Waals surface area contributed by atoms with Gasteiger partial charge in [0, 0.05) is 4.57 Å². The summed E-state index contributed by atoms with van der Waals surface area (Å²) in [5.74, 6) is 0. The van der Waals surface area contributed by atoms with E-state index in [0.717, 1.165) is 25.7 Å². The molecule has 0 aliphatic heterocycles. The Morgan fingerprint density at radius 1 is 0.800 bits per heavy atom. The van der Waals surface area contributed by atoms with Crippen LogP contribution in [-0.4, -0.2) is 11.0 Å². The van der Waals surface area contributed by atoms with Gasteiger partial charge in [-0.05, 0) is 12.8 Å². The molecule has 0 amide bonds. The van der Waals surface area contributed by atoms with Crippen LogP contribution in [0.5, 0.6) is 0 Å². The lowest BCUT2D eigenvalue weighted by Crippen LogP contribution is -2.09. The van der Waals surface area contributed by atoms with E-state index in [1.807, 2.05) is 0 Å². The summed E-state index contributed by atoms with van der Waals surface area (Å²) < 4.78 is 15.9. The fourth-order valence-corrected chi connectivity index (χ4v) is 2.97. The zero-order chi connectivity index (χ0) is 15.1. The molecule has 0 heterocycles. The van der Waals surface area contributed by atoms with Crippen LogP contribution in [0.25, 0.3) is 0 Å². The quantitative estimate of drug-likeness (QED) is 0.292. The number of hydrogen-bond donors (Lipinski definition) is 1. The molecule has 2 atom stereocenters. The molecule has 0 spiro atoms. The Kier molecular flexibility index (Phi) is 15.4. The van der Waals surface area contributed by atoms with Crippen molar-refractivity contribution in [2.75, 3.05) is 0 Å². The van der Waals surface area contributed by atoms with Gasteiger partial charge in [-0.1, -0.05) is 84.5 Å². The smallest absolute Gasteiger partial charge is 0.133 e. The van der Waals surface area contributed by atoms with Crippen LogP contribution < -0.4 is 0 Å². The molecule has 0 fully saturated rings. The van der Waals surface area contributed by atoms with Crippen LogP contribution in [0.4, 0.5) is 0 Å². The molecule has 0 aliphatic rings. The van der Waals surface area contributed by atoms with Crippen LogP contribution in [0.2, 0.25) is 0 Å². The molecule has 0 bridgehead atoms. The van der Waals surface area contributed by atoms with Crippen molar-refractivity contribution in [1.82, 2.24) is 0 Å². The summed E-state index contributed by atoms with van der Waals surface area (Å²) >= 11 is 0. The summed E-state index contributed by atoms with van der Waals surface area (Å²) in [6, 6.07) is 0. The van der Waals surface area contributed by atoms with Crippen molar-refractivity contribution >= 4 is 8.25 Å². The molecule has 20 heavy (non-hydrogen) atoms. The van der Waals surface area contributed by atoms with E-state index in [9.17, 15) is 4.57 Å². The summed E-state index contributed by atoms with van der Waals surface area (Å²) in [6.45, 7) is 4.41. The SMILES string of the molecule is CCCCCCCCCCC(CCCCC)O[P+](=O)O. The second-order valence-electron chi connectivity index (χ2n) is 5.72. The van der Waals surface area contributed by atoms with E-state index >= 15 is 0 Å². The van der Waals surface area contributed by atoms with Gasteiger partial charge in [-0.2, -0.15) is 0 Å². The van der Waals surface area contributed by atoms with E-state index in [4.69, 9.17) is 9.42 Å². The maximum atomic E-state index is 10.8. The molecule has 3 nitrogen and oxygen atoms in total. The Labute approximate surface area is 126 Å². The maximum absolute atomic E-state index is 10.8. The van der Waals surface area contributed by atoms with Crippen LogP contribution in [0.1, 0.15) is 97.3 Å². The third kappa shape index (κ3) is 14.4. The lowest BCUT2D eigenvalue weighted by molar-refractivity contribution is 0.163. The van der Waals surface area contributed by atoms with Crippen molar-refractivity contribution in [3.8, 4) is 0 Å². The first-order chi connectivity index (χ1) is 9.70. The van der Waals surface area contributed by atoms with Crippen LogP contribution >= 0.6 is 8.25 Å². The van der Waals surface area contributed by atoms with E-state index in [2.05, 4.69) is 13.8 Å². The van der Waals surface area contributed by atoms with E-state index < -0.39 is 8.25 Å². The molecule has 2 unspecified atom stereocenters. The van der Waals surface area contributed by atoms with Crippen LogP contribution in [0.15, 0.2) is 0 Å². The van der Waals surface area contributed by atoms with Gasteiger partial charge in [0.2, 0.25) is 0 Å². The van der Waals surface area contributed by atoms with Gasteiger partial charge >= 0.3 is 8.25 Å². The van der Waals surface area contributed by atoms with Gasteiger partial charge in [-0.3, -0.25) is 0 Å². The first-order valence-electron chi connectivity index (χ1n) is 8.53. The Hall–Kier alpha value is 0.0200. The average Bonchev–Trinajstić information content (AvgIpc) is 2.41. The molecular weight excluding hydrogens is 271 g/mol. The van der Waals surface area contributed by atoms with Crippen molar-refractivity contribution in [2.24, 2.45) is 0 Å². The largest absolute Gasteiger partial charge is 0.694 e. The van der Waals surface area contributed by atoms with E-state index in [0.29, 0.717) is 0 Å². The minimum atomic E-state index is -2.45. The third-order valence-electron chi connectivity index (χ3n) is 3.75. The Balaban J connectivity index is 3.54. The van der Waals surface area contributed by atoms with Gasteiger partial charge in [0.25, 0.3) is 0 Å². The minimum Gasteiger partial charge on any atom is -0.133 e. The second-order valence-corrected chi connectivity index (χ2v) is 6.41. The maximum Gasteiger partial charge on any atom is 0.694 e. The van der Waals surface area contributed by atoms with Gasteiger partial charge in [-0.25, -0.2) is 0 Å². The van der Waals surface area contributed by atoms with Crippen LogP contribution in [0, 0.1) is 0 Å². The zero-order valence-corrected chi connectivity index (χ0v) is 14.4. The lowest BCUT2D eigenvalue weighted by Gasteiger charge is -2.10. The average molecular weight is 305 g/mol.